The van der Waals surface area contributed by atoms with Crippen LogP contribution in [0.3, 0.4) is 0 Å². The highest BCUT2D eigenvalue weighted by molar-refractivity contribution is 9.10. The lowest BCUT2D eigenvalue weighted by Crippen LogP contribution is -2.35. The maximum absolute atomic E-state index is 11.3. The van der Waals surface area contributed by atoms with E-state index in [1.165, 1.54) is 0 Å². The Balaban J connectivity index is 2.60. The van der Waals surface area contributed by atoms with Crippen molar-refractivity contribution in [1.29, 1.82) is 0 Å². The number of hydrogen-bond donors (Lipinski definition) is 2. The van der Waals surface area contributed by atoms with Crippen LogP contribution in [0.25, 0.3) is 0 Å². The molecule has 1 aromatic rings. The van der Waals surface area contributed by atoms with Crippen molar-refractivity contribution in [3.05, 3.63) is 40.9 Å². The number of methoxy groups -OCH3 is 1. The third kappa shape index (κ3) is 4.11. The largest absolute Gasteiger partial charge is 0.495 e. The average molecular weight is 299 g/mol. The Morgan fingerprint density at radius 2 is 2.29 bits per heavy atom. The predicted octanol–water partition coefficient (Wildman–Crippen LogP) is 2.44. The van der Waals surface area contributed by atoms with Crippen LogP contribution in [0.5, 0.6) is 5.75 Å². The van der Waals surface area contributed by atoms with E-state index in [1.807, 2.05) is 18.2 Å². The summed E-state index contributed by atoms with van der Waals surface area (Å²) < 4.78 is 6.12. The van der Waals surface area contributed by atoms with Crippen molar-refractivity contribution in [2.45, 2.75) is 6.54 Å². The Morgan fingerprint density at radius 3 is 2.94 bits per heavy atom. The van der Waals surface area contributed by atoms with Crippen molar-refractivity contribution in [2.75, 3.05) is 13.7 Å². The Bertz CT molecular complexity index is 407. The van der Waals surface area contributed by atoms with Gasteiger partial charge >= 0.3 is 6.03 Å². The zero-order valence-electron chi connectivity index (χ0n) is 9.63. The van der Waals surface area contributed by atoms with Crippen molar-refractivity contribution in [3.8, 4) is 5.75 Å². The van der Waals surface area contributed by atoms with Gasteiger partial charge in [-0.1, -0.05) is 18.2 Å². The standard InChI is InChI=1S/C12H15BrN2O2/c1-3-7-14-12(16)15-8-9-5-4-6-10(13)11(9)17-2/h3-6H,1,7-8H2,2H3,(H2,14,15,16). The summed E-state index contributed by atoms with van der Waals surface area (Å²) in [7, 11) is 1.60. The van der Waals surface area contributed by atoms with Gasteiger partial charge in [0.1, 0.15) is 5.75 Å². The van der Waals surface area contributed by atoms with E-state index in [9.17, 15) is 4.79 Å². The van der Waals surface area contributed by atoms with Crippen LogP contribution in [0.4, 0.5) is 4.79 Å². The number of halogens is 1. The van der Waals surface area contributed by atoms with Crippen LogP contribution in [0.1, 0.15) is 5.56 Å². The fourth-order valence-electron chi connectivity index (χ4n) is 1.32. The molecule has 0 bridgehead atoms. The number of hydrogen-bond acceptors (Lipinski definition) is 2. The molecule has 0 aromatic heterocycles. The lowest BCUT2D eigenvalue weighted by molar-refractivity contribution is 0.241. The molecule has 1 rings (SSSR count). The zero-order valence-corrected chi connectivity index (χ0v) is 11.2. The molecule has 0 fully saturated rings. The van der Waals surface area contributed by atoms with Crippen molar-refractivity contribution in [2.24, 2.45) is 0 Å². The van der Waals surface area contributed by atoms with E-state index >= 15 is 0 Å². The second-order valence-electron chi connectivity index (χ2n) is 3.28. The fraction of sp³-hybridized carbons (Fsp3) is 0.250. The van der Waals surface area contributed by atoms with Gasteiger partial charge in [-0.3, -0.25) is 0 Å². The number of ether oxygens (including phenoxy) is 1. The van der Waals surface area contributed by atoms with Crippen molar-refractivity contribution >= 4 is 22.0 Å². The summed E-state index contributed by atoms with van der Waals surface area (Å²) in [5.41, 5.74) is 0.913. The summed E-state index contributed by atoms with van der Waals surface area (Å²) in [6, 6.07) is 5.45. The minimum absolute atomic E-state index is 0.230. The molecule has 0 saturated carbocycles. The third-order valence-corrected chi connectivity index (χ3v) is 2.72. The first-order valence-corrected chi connectivity index (χ1v) is 5.92. The van der Waals surface area contributed by atoms with Gasteiger partial charge in [-0.25, -0.2) is 4.79 Å². The summed E-state index contributed by atoms with van der Waals surface area (Å²) in [5, 5.41) is 5.37. The van der Waals surface area contributed by atoms with Gasteiger partial charge in [-0.15, -0.1) is 6.58 Å². The van der Waals surface area contributed by atoms with Gasteiger partial charge < -0.3 is 15.4 Å². The average Bonchev–Trinajstić information content (AvgIpc) is 2.33. The number of amides is 2. The van der Waals surface area contributed by atoms with Gasteiger partial charge in [0, 0.05) is 18.7 Å². The maximum Gasteiger partial charge on any atom is 0.315 e. The summed E-state index contributed by atoms with van der Waals surface area (Å²) in [6.07, 6.45) is 1.62. The molecule has 17 heavy (non-hydrogen) atoms. The molecule has 0 heterocycles. The van der Waals surface area contributed by atoms with Crippen LogP contribution in [-0.2, 0) is 6.54 Å². The van der Waals surface area contributed by atoms with E-state index in [-0.39, 0.29) is 6.03 Å². The number of carbonyl (C=O) groups excluding carboxylic acids is 1. The zero-order chi connectivity index (χ0) is 12.7. The molecule has 0 spiro atoms. The van der Waals surface area contributed by atoms with E-state index in [1.54, 1.807) is 13.2 Å². The van der Waals surface area contributed by atoms with Gasteiger partial charge in [0.25, 0.3) is 0 Å². The number of rotatable bonds is 5. The minimum atomic E-state index is -0.230. The minimum Gasteiger partial charge on any atom is -0.495 e. The second kappa shape index (κ2) is 6.96. The first-order valence-electron chi connectivity index (χ1n) is 5.13. The van der Waals surface area contributed by atoms with Gasteiger partial charge in [0.2, 0.25) is 0 Å². The maximum atomic E-state index is 11.3. The van der Waals surface area contributed by atoms with Crippen LogP contribution in [0.2, 0.25) is 0 Å². The SMILES string of the molecule is C=CCNC(=O)NCc1cccc(Br)c1OC. The smallest absolute Gasteiger partial charge is 0.315 e. The van der Waals surface area contributed by atoms with Crippen molar-refractivity contribution in [3.63, 3.8) is 0 Å². The van der Waals surface area contributed by atoms with Gasteiger partial charge in [-0.2, -0.15) is 0 Å². The number of carbonyl (C=O) groups is 1. The van der Waals surface area contributed by atoms with E-state index in [0.717, 1.165) is 15.8 Å². The number of para-hydroxylation sites is 1. The molecule has 0 radical (unpaired) electrons. The Labute approximate surface area is 109 Å². The highest BCUT2D eigenvalue weighted by Crippen LogP contribution is 2.28. The van der Waals surface area contributed by atoms with E-state index in [2.05, 4.69) is 33.1 Å². The molecule has 2 N–H and O–H groups in total. The number of benzene rings is 1. The molecule has 4 nitrogen and oxygen atoms in total. The highest BCUT2D eigenvalue weighted by Gasteiger charge is 2.07. The molecule has 0 atom stereocenters. The summed E-state index contributed by atoms with van der Waals surface area (Å²) in [4.78, 5) is 11.3. The summed E-state index contributed by atoms with van der Waals surface area (Å²) in [5.74, 6) is 0.733. The molecular formula is C12H15BrN2O2. The molecule has 92 valence electrons. The first kappa shape index (κ1) is 13.6. The van der Waals surface area contributed by atoms with E-state index in [4.69, 9.17) is 4.74 Å². The first-order chi connectivity index (χ1) is 8.19. The van der Waals surface area contributed by atoms with Crippen LogP contribution in [0, 0.1) is 0 Å². The molecule has 0 saturated heterocycles. The van der Waals surface area contributed by atoms with Crippen LogP contribution in [-0.4, -0.2) is 19.7 Å². The molecule has 0 aliphatic heterocycles. The Hall–Kier alpha value is -1.49. The Morgan fingerprint density at radius 1 is 1.53 bits per heavy atom. The van der Waals surface area contributed by atoms with Crippen molar-refractivity contribution in [1.82, 2.24) is 10.6 Å². The third-order valence-electron chi connectivity index (χ3n) is 2.10. The molecule has 5 heteroatoms. The molecule has 1 aromatic carbocycles. The molecule has 0 aliphatic carbocycles. The number of nitrogens with one attached hydrogen (secondary N) is 2. The second-order valence-corrected chi connectivity index (χ2v) is 4.14. The lowest BCUT2D eigenvalue weighted by atomic mass is 10.2. The van der Waals surface area contributed by atoms with Crippen LogP contribution >= 0.6 is 15.9 Å². The normalized spacial score (nSPS) is 9.53. The van der Waals surface area contributed by atoms with Gasteiger partial charge in [0.15, 0.2) is 0 Å². The van der Waals surface area contributed by atoms with Crippen LogP contribution in [0.15, 0.2) is 35.3 Å². The topological polar surface area (TPSA) is 50.4 Å². The van der Waals surface area contributed by atoms with Gasteiger partial charge in [0.05, 0.1) is 11.6 Å². The molecule has 0 unspecified atom stereocenters. The molecular weight excluding hydrogens is 284 g/mol. The highest BCUT2D eigenvalue weighted by atomic mass is 79.9. The monoisotopic (exact) mass is 298 g/mol. The van der Waals surface area contributed by atoms with Crippen molar-refractivity contribution < 1.29 is 9.53 Å². The number of urea groups is 1. The summed E-state index contributed by atoms with van der Waals surface area (Å²) in [6.45, 7) is 4.38. The van der Waals surface area contributed by atoms with Crippen LogP contribution < -0.4 is 15.4 Å². The lowest BCUT2D eigenvalue weighted by Gasteiger charge is -2.11. The Kier molecular flexibility index (Phi) is 5.56. The van der Waals surface area contributed by atoms with E-state index < -0.39 is 0 Å². The predicted molar refractivity (Wildman–Crippen MR) is 71.1 cm³/mol. The molecule has 0 aliphatic rings. The molecule has 2 amide bonds. The summed E-state index contributed by atoms with van der Waals surface area (Å²) >= 11 is 3.39. The van der Waals surface area contributed by atoms with E-state index in [0.29, 0.717) is 13.1 Å². The van der Waals surface area contributed by atoms with Gasteiger partial charge in [-0.05, 0) is 22.0 Å². The quantitative estimate of drug-likeness (QED) is 0.821. The fourth-order valence-corrected chi connectivity index (χ4v) is 1.89.